The lowest BCUT2D eigenvalue weighted by molar-refractivity contribution is 0.150. The Kier molecular flexibility index (Phi) is 4.96. The predicted octanol–water partition coefficient (Wildman–Crippen LogP) is 1.57. The number of nitrogens with one attached hydrogen (secondary N) is 1. The molecule has 0 aliphatic rings. The van der Waals surface area contributed by atoms with Crippen LogP contribution in [0.25, 0.3) is 0 Å². The van der Waals surface area contributed by atoms with Gasteiger partial charge in [-0.25, -0.2) is 4.98 Å². The smallest absolute Gasteiger partial charge is 0.122 e. The second-order valence-electron chi connectivity index (χ2n) is 4.96. The lowest BCUT2D eigenvalue weighted by atomic mass is 9.90. The van der Waals surface area contributed by atoms with Crippen molar-refractivity contribution < 1.29 is 4.74 Å². The SMILES string of the molecule is COCCC(C)(C)CNCc1nccn1C. The van der Waals surface area contributed by atoms with Crippen molar-refractivity contribution in [1.29, 1.82) is 0 Å². The molecule has 0 aromatic carbocycles. The summed E-state index contributed by atoms with van der Waals surface area (Å²) in [5.41, 5.74) is 0.265. The Hall–Kier alpha value is -0.870. The van der Waals surface area contributed by atoms with E-state index in [1.807, 2.05) is 24.0 Å². The van der Waals surface area contributed by atoms with Gasteiger partial charge in [0.05, 0.1) is 6.54 Å². The maximum absolute atomic E-state index is 5.10. The van der Waals surface area contributed by atoms with Gasteiger partial charge in [-0.1, -0.05) is 13.8 Å². The summed E-state index contributed by atoms with van der Waals surface area (Å²) in [6, 6.07) is 0. The van der Waals surface area contributed by atoms with E-state index in [2.05, 4.69) is 24.1 Å². The number of ether oxygens (including phenoxy) is 1. The molecular weight excluding hydrogens is 202 g/mol. The second-order valence-corrected chi connectivity index (χ2v) is 4.96. The zero-order valence-corrected chi connectivity index (χ0v) is 10.8. The first kappa shape index (κ1) is 13.2. The van der Waals surface area contributed by atoms with Crippen LogP contribution in [0.1, 0.15) is 26.1 Å². The average Bonchev–Trinajstić information content (AvgIpc) is 2.62. The van der Waals surface area contributed by atoms with Gasteiger partial charge in [0, 0.05) is 39.7 Å². The van der Waals surface area contributed by atoms with Crippen LogP contribution in [0.4, 0.5) is 0 Å². The number of hydrogen-bond acceptors (Lipinski definition) is 3. The van der Waals surface area contributed by atoms with Crippen molar-refractivity contribution in [3.05, 3.63) is 18.2 Å². The summed E-state index contributed by atoms with van der Waals surface area (Å²) >= 11 is 0. The van der Waals surface area contributed by atoms with Gasteiger partial charge < -0.3 is 14.6 Å². The van der Waals surface area contributed by atoms with E-state index < -0.39 is 0 Å². The van der Waals surface area contributed by atoms with Gasteiger partial charge in [0.2, 0.25) is 0 Å². The fourth-order valence-corrected chi connectivity index (χ4v) is 1.55. The predicted molar refractivity (Wildman–Crippen MR) is 65.2 cm³/mol. The summed E-state index contributed by atoms with van der Waals surface area (Å²) in [6.07, 6.45) is 4.86. The third kappa shape index (κ3) is 4.33. The standard InChI is InChI=1S/C12H23N3O/c1-12(2,5-8-16-4)10-13-9-11-14-6-7-15(11)3/h6-7,13H,5,8-10H2,1-4H3. The molecule has 0 atom stereocenters. The van der Waals surface area contributed by atoms with E-state index in [9.17, 15) is 0 Å². The number of imidazole rings is 1. The molecule has 0 spiro atoms. The first-order valence-electron chi connectivity index (χ1n) is 5.71. The minimum Gasteiger partial charge on any atom is -0.385 e. The van der Waals surface area contributed by atoms with Gasteiger partial charge in [0.15, 0.2) is 0 Å². The Bertz CT molecular complexity index is 307. The van der Waals surface area contributed by atoms with Crippen LogP contribution in [-0.4, -0.2) is 29.8 Å². The normalized spacial score (nSPS) is 12.0. The molecule has 16 heavy (non-hydrogen) atoms. The van der Waals surface area contributed by atoms with Gasteiger partial charge in [0.25, 0.3) is 0 Å². The Morgan fingerprint density at radius 2 is 2.25 bits per heavy atom. The van der Waals surface area contributed by atoms with Crippen LogP contribution in [0.15, 0.2) is 12.4 Å². The molecule has 0 unspecified atom stereocenters. The molecule has 0 aliphatic carbocycles. The Morgan fingerprint density at radius 3 is 2.81 bits per heavy atom. The summed E-state index contributed by atoms with van der Waals surface area (Å²) in [4.78, 5) is 4.27. The van der Waals surface area contributed by atoms with Gasteiger partial charge >= 0.3 is 0 Å². The second kappa shape index (κ2) is 6.01. The van der Waals surface area contributed by atoms with Crippen molar-refractivity contribution in [2.75, 3.05) is 20.3 Å². The van der Waals surface area contributed by atoms with Crippen LogP contribution in [0.2, 0.25) is 0 Å². The third-order valence-electron chi connectivity index (χ3n) is 2.79. The Morgan fingerprint density at radius 1 is 1.50 bits per heavy atom. The van der Waals surface area contributed by atoms with Crippen molar-refractivity contribution >= 4 is 0 Å². The molecule has 92 valence electrons. The number of nitrogens with zero attached hydrogens (tertiary/aromatic N) is 2. The monoisotopic (exact) mass is 225 g/mol. The number of aryl methyl sites for hydroxylation is 1. The molecule has 1 rings (SSSR count). The van der Waals surface area contributed by atoms with Crippen molar-refractivity contribution in [3.63, 3.8) is 0 Å². The molecule has 0 saturated heterocycles. The molecule has 0 saturated carbocycles. The zero-order valence-electron chi connectivity index (χ0n) is 10.8. The summed E-state index contributed by atoms with van der Waals surface area (Å²) in [6.45, 7) is 7.11. The first-order chi connectivity index (χ1) is 7.55. The van der Waals surface area contributed by atoms with Gasteiger partial charge in [-0.15, -0.1) is 0 Å². The van der Waals surface area contributed by atoms with Crippen LogP contribution in [-0.2, 0) is 18.3 Å². The van der Waals surface area contributed by atoms with Gasteiger partial charge in [-0.3, -0.25) is 0 Å². The van der Waals surface area contributed by atoms with Gasteiger partial charge in [-0.2, -0.15) is 0 Å². The quantitative estimate of drug-likeness (QED) is 0.765. The maximum atomic E-state index is 5.10. The van der Waals surface area contributed by atoms with Crippen molar-refractivity contribution in [2.24, 2.45) is 12.5 Å². The van der Waals surface area contributed by atoms with E-state index in [0.29, 0.717) is 0 Å². The van der Waals surface area contributed by atoms with E-state index in [-0.39, 0.29) is 5.41 Å². The molecule has 4 heteroatoms. The summed E-state index contributed by atoms with van der Waals surface area (Å²) in [7, 11) is 3.76. The van der Waals surface area contributed by atoms with Crippen molar-refractivity contribution in [1.82, 2.24) is 14.9 Å². The first-order valence-corrected chi connectivity index (χ1v) is 5.71. The van der Waals surface area contributed by atoms with E-state index in [1.165, 1.54) is 0 Å². The highest BCUT2D eigenvalue weighted by atomic mass is 16.5. The molecule has 0 bridgehead atoms. The summed E-state index contributed by atoms with van der Waals surface area (Å²) < 4.78 is 7.14. The largest absolute Gasteiger partial charge is 0.385 e. The highest BCUT2D eigenvalue weighted by molar-refractivity contribution is 4.90. The molecule has 1 heterocycles. The summed E-state index contributed by atoms with van der Waals surface area (Å²) in [5.74, 6) is 1.07. The molecule has 0 aliphatic heterocycles. The average molecular weight is 225 g/mol. The minimum absolute atomic E-state index is 0.265. The fourth-order valence-electron chi connectivity index (χ4n) is 1.55. The van der Waals surface area contributed by atoms with Gasteiger partial charge in [-0.05, 0) is 11.8 Å². The molecule has 1 aromatic heterocycles. The van der Waals surface area contributed by atoms with Crippen LogP contribution in [0.5, 0.6) is 0 Å². The molecule has 0 fully saturated rings. The Balaban J connectivity index is 2.27. The van der Waals surface area contributed by atoms with E-state index in [4.69, 9.17) is 4.74 Å². The molecule has 1 N–H and O–H groups in total. The number of rotatable bonds is 7. The maximum Gasteiger partial charge on any atom is 0.122 e. The molecule has 4 nitrogen and oxygen atoms in total. The van der Waals surface area contributed by atoms with Crippen LogP contribution in [0.3, 0.4) is 0 Å². The van der Waals surface area contributed by atoms with Crippen molar-refractivity contribution in [2.45, 2.75) is 26.8 Å². The van der Waals surface area contributed by atoms with Crippen LogP contribution < -0.4 is 5.32 Å². The number of hydrogen-bond donors (Lipinski definition) is 1. The fraction of sp³-hybridized carbons (Fsp3) is 0.750. The third-order valence-corrected chi connectivity index (χ3v) is 2.79. The molecule has 0 amide bonds. The van der Waals surface area contributed by atoms with Crippen LogP contribution >= 0.6 is 0 Å². The van der Waals surface area contributed by atoms with E-state index >= 15 is 0 Å². The van der Waals surface area contributed by atoms with Crippen molar-refractivity contribution in [3.8, 4) is 0 Å². The highest BCUT2D eigenvalue weighted by Crippen LogP contribution is 2.18. The lowest BCUT2D eigenvalue weighted by Crippen LogP contribution is -2.30. The van der Waals surface area contributed by atoms with E-state index in [0.717, 1.165) is 31.9 Å². The highest BCUT2D eigenvalue weighted by Gasteiger charge is 2.16. The zero-order chi connectivity index (χ0) is 12.0. The van der Waals surface area contributed by atoms with Gasteiger partial charge in [0.1, 0.15) is 5.82 Å². The van der Waals surface area contributed by atoms with E-state index in [1.54, 1.807) is 7.11 Å². The number of aromatic nitrogens is 2. The molecular formula is C12H23N3O. The minimum atomic E-state index is 0.265. The topological polar surface area (TPSA) is 39.1 Å². The summed E-state index contributed by atoms with van der Waals surface area (Å²) in [5, 5.41) is 3.44. The lowest BCUT2D eigenvalue weighted by Gasteiger charge is -2.24. The molecule has 1 aromatic rings. The number of methoxy groups -OCH3 is 1. The molecule has 0 radical (unpaired) electrons. The Labute approximate surface area is 98.0 Å². The van der Waals surface area contributed by atoms with Crippen LogP contribution in [0, 0.1) is 5.41 Å².